The summed E-state index contributed by atoms with van der Waals surface area (Å²) < 4.78 is 31.6. The SMILES string of the molecule is CCCCCCCC[P+](C)(CCCCCCCC)CCCCCCCC.N.O=S(=O)(O)O. The fraction of sp³-hybridized carbons (Fsp3) is 1.00. The van der Waals surface area contributed by atoms with Crippen LogP contribution in [0.25, 0.3) is 0 Å². The molecule has 0 atom stereocenters. The molecule has 0 aromatic heterocycles. The second kappa shape index (κ2) is 25.9. The maximum atomic E-state index is 8.74. The van der Waals surface area contributed by atoms with Crippen molar-refractivity contribution in [3.05, 3.63) is 0 Å². The highest BCUT2D eigenvalue weighted by molar-refractivity contribution is 7.79. The average Bonchev–Trinajstić information content (AvgIpc) is 2.69. The molecular weight excluding hydrogens is 441 g/mol. The summed E-state index contributed by atoms with van der Waals surface area (Å²) in [5.41, 5.74) is 0. The molecule has 0 aliphatic carbocycles. The van der Waals surface area contributed by atoms with E-state index < -0.39 is 17.7 Å². The highest BCUT2D eigenvalue weighted by Gasteiger charge is 2.29. The van der Waals surface area contributed by atoms with Crippen LogP contribution in [0, 0.1) is 0 Å². The minimum Gasteiger partial charge on any atom is -0.344 e. The molecule has 0 rings (SSSR count). The van der Waals surface area contributed by atoms with Gasteiger partial charge in [0.1, 0.15) is 0 Å². The topological polar surface area (TPSA) is 110 Å². The molecule has 0 bridgehead atoms. The van der Waals surface area contributed by atoms with E-state index in [9.17, 15) is 0 Å². The molecule has 0 aromatic rings. The van der Waals surface area contributed by atoms with Gasteiger partial charge in [-0.05, 0) is 38.5 Å². The molecule has 0 amide bonds. The van der Waals surface area contributed by atoms with Crippen LogP contribution in [0.15, 0.2) is 0 Å². The van der Waals surface area contributed by atoms with Gasteiger partial charge in [-0.15, -0.1) is 0 Å². The Morgan fingerprint density at radius 3 is 0.906 bits per heavy atom. The molecule has 0 aliphatic rings. The number of unbranched alkanes of at least 4 members (excludes halogenated alkanes) is 15. The van der Waals surface area contributed by atoms with Gasteiger partial charge in [0.25, 0.3) is 0 Å². The van der Waals surface area contributed by atoms with Gasteiger partial charge >= 0.3 is 10.4 Å². The summed E-state index contributed by atoms with van der Waals surface area (Å²) in [5.74, 6) is 0. The molecule has 0 saturated carbocycles. The molecule has 5 N–H and O–H groups in total. The zero-order valence-electron chi connectivity index (χ0n) is 22.1. The summed E-state index contributed by atoms with van der Waals surface area (Å²) in [5, 5.41) is 0. The van der Waals surface area contributed by atoms with Gasteiger partial charge in [0.15, 0.2) is 0 Å². The lowest BCUT2D eigenvalue weighted by Crippen LogP contribution is -2.08. The van der Waals surface area contributed by atoms with E-state index in [1.54, 1.807) is 18.5 Å². The zero-order valence-corrected chi connectivity index (χ0v) is 23.8. The Hall–Kier alpha value is 0.260. The van der Waals surface area contributed by atoms with Crippen LogP contribution in [-0.2, 0) is 10.4 Å². The van der Waals surface area contributed by atoms with E-state index in [0.717, 1.165) is 0 Å². The van der Waals surface area contributed by atoms with E-state index in [-0.39, 0.29) is 6.15 Å². The first kappa shape index (κ1) is 36.8. The van der Waals surface area contributed by atoms with Crippen molar-refractivity contribution in [1.82, 2.24) is 6.15 Å². The van der Waals surface area contributed by atoms with Crippen LogP contribution < -0.4 is 6.15 Å². The summed E-state index contributed by atoms with van der Waals surface area (Å²) >= 11 is 0. The van der Waals surface area contributed by atoms with Crippen molar-refractivity contribution in [2.75, 3.05) is 25.2 Å². The third-order valence-electron chi connectivity index (χ3n) is 6.15. The predicted octanol–water partition coefficient (Wildman–Crippen LogP) is 9.22. The Bertz CT molecular complexity index is 412. The van der Waals surface area contributed by atoms with Crippen LogP contribution in [-0.4, -0.2) is 42.7 Å². The maximum absolute atomic E-state index is 8.74. The fourth-order valence-corrected chi connectivity index (χ4v) is 7.79. The number of hydrogen-bond acceptors (Lipinski definition) is 3. The largest absolute Gasteiger partial charge is 0.394 e. The molecule has 0 radical (unpaired) electrons. The highest BCUT2D eigenvalue weighted by atomic mass is 32.3. The van der Waals surface area contributed by atoms with Gasteiger partial charge in [0.2, 0.25) is 0 Å². The lowest BCUT2D eigenvalue weighted by molar-refractivity contribution is 0.381. The van der Waals surface area contributed by atoms with E-state index in [0.29, 0.717) is 0 Å². The molecule has 32 heavy (non-hydrogen) atoms. The molecule has 0 spiro atoms. The van der Waals surface area contributed by atoms with Crippen LogP contribution in [0.5, 0.6) is 0 Å². The summed E-state index contributed by atoms with van der Waals surface area (Å²) in [7, 11) is -5.30. The number of hydrogen-bond donors (Lipinski definition) is 3. The van der Waals surface area contributed by atoms with Gasteiger partial charge < -0.3 is 6.15 Å². The van der Waals surface area contributed by atoms with Gasteiger partial charge in [-0.25, -0.2) is 0 Å². The van der Waals surface area contributed by atoms with Crippen molar-refractivity contribution >= 4 is 17.7 Å². The van der Waals surface area contributed by atoms with Gasteiger partial charge in [-0.1, -0.05) is 97.8 Å². The standard InChI is InChI=1S/C25H54P.H3N.H2O4S/c1-5-8-11-14-17-20-23-26(4,24-21-18-15-12-9-6-2)25-22-19-16-13-10-7-3;;1-5(2,3)4/h5-25H2,1-4H3;1H3;(H2,1,2,3,4)/q+1;;. The van der Waals surface area contributed by atoms with Crippen LogP contribution in [0.1, 0.15) is 136 Å². The lowest BCUT2D eigenvalue weighted by Gasteiger charge is -2.24. The summed E-state index contributed by atoms with van der Waals surface area (Å²) in [4.78, 5) is 0. The first-order valence-corrected chi connectivity index (χ1v) is 17.4. The quantitative estimate of drug-likeness (QED) is 0.0826. The summed E-state index contributed by atoms with van der Waals surface area (Å²) in [6, 6.07) is 0. The molecule has 0 aromatic carbocycles. The maximum Gasteiger partial charge on any atom is 0.394 e. The van der Waals surface area contributed by atoms with E-state index >= 15 is 0 Å². The molecule has 0 fully saturated rings. The molecule has 5 nitrogen and oxygen atoms in total. The van der Waals surface area contributed by atoms with Crippen LogP contribution >= 0.6 is 7.26 Å². The molecule has 0 saturated heterocycles. The first-order valence-electron chi connectivity index (χ1n) is 13.2. The minimum atomic E-state index is -4.67. The van der Waals surface area contributed by atoms with Gasteiger partial charge in [0, 0.05) is 13.9 Å². The summed E-state index contributed by atoms with van der Waals surface area (Å²) in [6.07, 6.45) is 31.2. The van der Waals surface area contributed by atoms with Crippen molar-refractivity contribution in [3.63, 3.8) is 0 Å². The molecule has 198 valence electrons. The number of rotatable bonds is 21. The van der Waals surface area contributed by atoms with Crippen LogP contribution in [0.2, 0.25) is 0 Å². The second-order valence-corrected chi connectivity index (χ2v) is 15.0. The second-order valence-electron chi connectivity index (χ2n) is 9.54. The van der Waals surface area contributed by atoms with Crippen molar-refractivity contribution in [2.45, 2.75) is 136 Å². The first-order chi connectivity index (χ1) is 14.7. The third kappa shape index (κ3) is 34.9. The Kier molecular flexibility index (Phi) is 29.8. The van der Waals surface area contributed by atoms with E-state index in [4.69, 9.17) is 17.5 Å². The van der Waals surface area contributed by atoms with Gasteiger partial charge in [0.05, 0.1) is 18.5 Å². The smallest absolute Gasteiger partial charge is 0.344 e. The van der Waals surface area contributed by atoms with Gasteiger partial charge in [-0.2, -0.15) is 8.42 Å². The molecular formula is C25H59NO4PS+. The van der Waals surface area contributed by atoms with Crippen molar-refractivity contribution < 1.29 is 17.5 Å². The summed E-state index contributed by atoms with van der Waals surface area (Å²) in [6.45, 7) is 9.70. The van der Waals surface area contributed by atoms with Crippen molar-refractivity contribution in [2.24, 2.45) is 0 Å². The molecule has 0 unspecified atom stereocenters. The lowest BCUT2D eigenvalue weighted by atomic mass is 10.1. The van der Waals surface area contributed by atoms with Crippen molar-refractivity contribution in [3.8, 4) is 0 Å². The monoisotopic (exact) mass is 500 g/mol. The van der Waals surface area contributed by atoms with Crippen LogP contribution in [0.4, 0.5) is 0 Å². The Labute approximate surface area is 202 Å². The predicted molar refractivity (Wildman–Crippen MR) is 147 cm³/mol. The minimum absolute atomic E-state index is 0. The fourth-order valence-electron chi connectivity index (χ4n) is 4.16. The third-order valence-corrected chi connectivity index (χ3v) is 10.3. The van der Waals surface area contributed by atoms with Crippen molar-refractivity contribution in [1.29, 1.82) is 0 Å². The zero-order chi connectivity index (χ0) is 23.8. The Morgan fingerprint density at radius 2 is 0.688 bits per heavy atom. The average molecular weight is 501 g/mol. The van der Waals surface area contributed by atoms with E-state index in [1.807, 2.05) is 0 Å². The Morgan fingerprint density at radius 1 is 0.500 bits per heavy atom. The van der Waals surface area contributed by atoms with E-state index in [2.05, 4.69) is 27.4 Å². The van der Waals surface area contributed by atoms with E-state index in [1.165, 1.54) is 116 Å². The highest BCUT2D eigenvalue weighted by Crippen LogP contribution is 2.57. The molecule has 7 heteroatoms. The van der Waals surface area contributed by atoms with Crippen LogP contribution in [0.3, 0.4) is 0 Å². The molecule has 0 aliphatic heterocycles. The molecule has 0 heterocycles. The Balaban J connectivity index is -0.00000125. The van der Waals surface area contributed by atoms with Gasteiger partial charge in [-0.3, -0.25) is 9.11 Å². The normalized spacial score (nSPS) is 11.6.